The van der Waals surface area contributed by atoms with Gasteiger partial charge in [-0.1, -0.05) is 24.3 Å². The van der Waals surface area contributed by atoms with Crippen LogP contribution in [-0.2, 0) is 4.79 Å². The Morgan fingerprint density at radius 1 is 1.16 bits per heavy atom. The number of pyridine rings is 1. The highest BCUT2D eigenvalue weighted by Gasteiger charge is 2.19. The van der Waals surface area contributed by atoms with Crippen molar-refractivity contribution in [2.75, 3.05) is 13.2 Å². The van der Waals surface area contributed by atoms with Crippen molar-refractivity contribution >= 4 is 18.0 Å². The molecular weight excluding hydrogens is 414 g/mol. The number of nitro benzene ring substituents is 1. The fourth-order valence-electron chi connectivity index (χ4n) is 3.15. The van der Waals surface area contributed by atoms with Crippen molar-refractivity contribution in [3.05, 3.63) is 98.5 Å². The van der Waals surface area contributed by atoms with Gasteiger partial charge in [-0.3, -0.25) is 34.0 Å². The summed E-state index contributed by atoms with van der Waals surface area (Å²) >= 11 is 0. The molecule has 0 bridgehead atoms. The lowest BCUT2D eigenvalue weighted by Gasteiger charge is -2.17. The number of rotatable bonds is 9. The van der Waals surface area contributed by atoms with Crippen LogP contribution in [0.15, 0.2) is 71.7 Å². The molecule has 9 nitrogen and oxygen atoms in total. The van der Waals surface area contributed by atoms with Crippen molar-refractivity contribution in [2.45, 2.75) is 13.3 Å². The van der Waals surface area contributed by atoms with Gasteiger partial charge in [0.25, 0.3) is 11.5 Å². The zero-order valence-electron chi connectivity index (χ0n) is 17.3. The van der Waals surface area contributed by atoms with E-state index in [1.54, 1.807) is 49.5 Å². The Labute approximate surface area is 183 Å². The summed E-state index contributed by atoms with van der Waals surface area (Å²) in [4.78, 5) is 47.8. The van der Waals surface area contributed by atoms with E-state index in [-0.39, 0.29) is 36.6 Å². The molecule has 32 heavy (non-hydrogen) atoms. The number of benzene rings is 2. The summed E-state index contributed by atoms with van der Waals surface area (Å²) in [7, 11) is 0. The van der Waals surface area contributed by atoms with E-state index in [1.807, 2.05) is 0 Å². The standard InChI is InChI=1S/C23H21N3O6/c1-17-7-2-3-8-19(17)23(29)24(16-27)12-6-14-32-21-15-18(10-11-20(21)26(30)31)25-13-5-4-9-22(25)28/h2-5,7-11,13,15-16H,6,12,14H2,1H3. The molecule has 0 spiro atoms. The number of hydrogen-bond acceptors (Lipinski definition) is 6. The Hall–Kier alpha value is -4.27. The Morgan fingerprint density at radius 2 is 1.91 bits per heavy atom. The molecule has 0 N–H and O–H groups in total. The van der Waals surface area contributed by atoms with Crippen LogP contribution in [0.2, 0.25) is 0 Å². The first-order valence-electron chi connectivity index (χ1n) is 9.83. The fraction of sp³-hybridized carbons (Fsp3) is 0.174. The number of nitro groups is 1. The van der Waals surface area contributed by atoms with E-state index in [2.05, 4.69) is 0 Å². The van der Waals surface area contributed by atoms with Crippen LogP contribution in [0.25, 0.3) is 5.69 Å². The maximum Gasteiger partial charge on any atom is 0.311 e. The van der Waals surface area contributed by atoms with Gasteiger partial charge in [0.05, 0.1) is 17.2 Å². The summed E-state index contributed by atoms with van der Waals surface area (Å²) in [5.74, 6) is -0.430. The quantitative estimate of drug-likeness (QED) is 0.221. The predicted molar refractivity (Wildman–Crippen MR) is 117 cm³/mol. The largest absolute Gasteiger partial charge is 0.487 e. The molecule has 0 fully saturated rings. The molecule has 0 radical (unpaired) electrons. The molecule has 0 atom stereocenters. The molecular formula is C23H21N3O6. The van der Waals surface area contributed by atoms with E-state index in [4.69, 9.17) is 4.74 Å². The van der Waals surface area contributed by atoms with Gasteiger partial charge in [-0.2, -0.15) is 0 Å². The van der Waals surface area contributed by atoms with E-state index in [1.165, 1.54) is 28.8 Å². The Morgan fingerprint density at radius 3 is 2.59 bits per heavy atom. The molecule has 0 saturated heterocycles. The first-order chi connectivity index (χ1) is 15.4. The summed E-state index contributed by atoms with van der Waals surface area (Å²) in [5.41, 5.74) is 1.06. The van der Waals surface area contributed by atoms with Crippen molar-refractivity contribution in [1.29, 1.82) is 0 Å². The number of amides is 2. The van der Waals surface area contributed by atoms with Crippen LogP contribution >= 0.6 is 0 Å². The fourth-order valence-corrected chi connectivity index (χ4v) is 3.15. The zero-order chi connectivity index (χ0) is 23.1. The normalized spacial score (nSPS) is 10.4. The monoisotopic (exact) mass is 435 g/mol. The minimum Gasteiger partial charge on any atom is -0.487 e. The second kappa shape index (κ2) is 10.2. The van der Waals surface area contributed by atoms with Crippen LogP contribution in [-0.4, -0.2) is 39.9 Å². The number of carbonyl (C=O) groups excluding carboxylic acids is 2. The number of ether oxygens (including phenoxy) is 1. The van der Waals surface area contributed by atoms with Gasteiger partial charge in [0, 0.05) is 36.5 Å². The summed E-state index contributed by atoms with van der Waals surface area (Å²) in [6.07, 6.45) is 2.27. The number of aryl methyl sites for hydroxylation is 1. The Bertz CT molecular complexity index is 1200. The maximum atomic E-state index is 12.6. The van der Waals surface area contributed by atoms with Gasteiger partial charge in [-0.15, -0.1) is 0 Å². The molecule has 0 aliphatic heterocycles. The lowest BCUT2D eigenvalue weighted by Crippen LogP contribution is -2.31. The lowest BCUT2D eigenvalue weighted by atomic mass is 10.1. The van der Waals surface area contributed by atoms with E-state index in [9.17, 15) is 24.5 Å². The molecule has 3 aromatic rings. The third-order valence-corrected chi connectivity index (χ3v) is 4.81. The molecule has 1 aromatic heterocycles. The maximum absolute atomic E-state index is 12.6. The van der Waals surface area contributed by atoms with E-state index >= 15 is 0 Å². The smallest absolute Gasteiger partial charge is 0.311 e. The minimum atomic E-state index is -0.577. The van der Waals surface area contributed by atoms with Crippen LogP contribution in [0.4, 0.5) is 5.69 Å². The summed E-state index contributed by atoms with van der Waals surface area (Å²) < 4.78 is 6.93. The molecule has 2 aromatic carbocycles. The van der Waals surface area contributed by atoms with E-state index < -0.39 is 10.8 Å². The Balaban J connectivity index is 1.70. The van der Waals surface area contributed by atoms with Gasteiger partial charge in [0.15, 0.2) is 5.75 Å². The van der Waals surface area contributed by atoms with Gasteiger partial charge in [0.2, 0.25) is 6.41 Å². The zero-order valence-corrected chi connectivity index (χ0v) is 17.3. The molecule has 0 saturated carbocycles. The molecule has 2 amide bonds. The van der Waals surface area contributed by atoms with Crippen LogP contribution < -0.4 is 10.3 Å². The third-order valence-electron chi connectivity index (χ3n) is 4.81. The van der Waals surface area contributed by atoms with Crippen molar-refractivity contribution in [3.8, 4) is 11.4 Å². The summed E-state index contributed by atoms with van der Waals surface area (Å²) in [6, 6.07) is 15.7. The lowest BCUT2D eigenvalue weighted by molar-refractivity contribution is -0.385. The number of aromatic nitrogens is 1. The second-order valence-electron chi connectivity index (χ2n) is 6.94. The molecule has 164 valence electrons. The van der Waals surface area contributed by atoms with E-state index in [0.717, 1.165) is 10.5 Å². The average molecular weight is 435 g/mol. The first kappa shape index (κ1) is 22.4. The molecule has 0 unspecified atom stereocenters. The van der Waals surface area contributed by atoms with Gasteiger partial charge < -0.3 is 4.74 Å². The second-order valence-corrected chi connectivity index (χ2v) is 6.94. The van der Waals surface area contributed by atoms with Crippen LogP contribution in [0, 0.1) is 17.0 Å². The summed E-state index contributed by atoms with van der Waals surface area (Å²) in [5, 5.41) is 11.4. The number of nitrogens with zero attached hydrogens (tertiary/aromatic N) is 3. The minimum absolute atomic E-state index is 0.00821. The highest BCUT2D eigenvalue weighted by Crippen LogP contribution is 2.29. The summed E-state index contributed by atoms with van der Waals surface area (Å²) in [6.45, 7) is 1.89. The third kappa shape index (κ3) is 5.07. The molecule has 1 heterocycles. The molecule has 3 rings (SSSR count). The van der Waals surface area contributed by atoms with E-state index in [0.29, 0.717) is 17.7 Å². The highest BCUT2D eigenvalue weighted by atomic mass is 16.6. The van der Waals surface area contributed by atoms with Crippen molar-refractivity contribution < 1.29 is 19.2 Å². The number of imide groups is 1. The van der Waals surface area contributed by atoms with Gasteiger partial charge in [-0.25, -0.2) is 0 Å². The topological polar surface area (TPSA) is 112 Å². The SMILES string of the molecule is Cc1ccccc1C(=O)N(C=O)CCCOc1cc(-n2ccccc2=O)ccc1[N+](=O)[O-]. The number of hydrogen-bond donors (Lipinski definition) is 0. The van der Waals surface area contributed by atoms with Crippen molar-refractivity contribution in [1.82, 2.24) is 9.47 Å². The van der Waals surface area contributed by atoms with Gasteiger partial charge >= 0.3 is 5.69 Å². The van der Waals surface area contributed by atoms with Gasteiger partial charge in [0.1, 0.15) is 0 Å². The molecule has 0 aliphatic rings. The Kier molecular flexibility index (Phi) is 7.12. The van der Waals surface area contributed by atoms with Crippen molar-refractivity contribution in [3.63, 3.8) is 0 Å². The van der Waals surface area contributed by atoms with Crippen LogP contribution in [0.1, 0.15) is 22.3 Å². The average Bonchev–Trinajstić information content (AvgIpc) is 2.79. The van der Waals surface area contributed by atoms with Crippen LogP contribution in [0.5, 0.6) is 5.75 Å². The molecule has 0 aliphatic carbocycles. The van der Waals surface area contributed by atoms with Crippen molar-refractivity contribution in [2.24, 2.45) is 0 Å². The molecule has 9 heteroatoms. The first-order valence-corrected chi connectivity index (χ1v) is 9.83. The predicted octanol–water partition coefficient (Wildman–Crippen LogP) is 3.12. The van der Waals surface area contributed by atoms with Crippen LogP contribution in [0.3, 0.4) is 0 Å². The highest BCUT2D eigenvalue weighted by molar-refractivity contribution is 6.00. The number of carbonyl (C=O) groups is 2. The van der Waals surface area contributed by atoms with Gasteiger partial charge in [-0.05, 0) is 37.1 Å².